The molecule has 4 heterocycles. The number of anilines is 1. The van der Waals surface area contributed by atoms with Gasteiger partial charge >= 0.3 is 5.97 Å². The summed E-state index contributed by atoms with van der Waals surface area (Å²) in [6, 6.07) is 7.34. The van der Waals surface area contributed by atoms with Gasteiger partial charge in [0.05, 0.1) is 23.3 Å². The Kier molecular flexibility index (Phi) is 8.26. The Morgan fingerprint density at radius 1 is 1.00 bits per heavy atom. The molecule has 0 bridgehead atoms. The Morgan fingerprint density at radius 3 is 2.40 bits per heavy atom. The van der Waals surface area contributed by atoms with E-state index < -0.39 is 35.3 Å². The average Bonchev–Trinajstić information content (AvgIpc) is 3.19. The topological polar surface area (TPSA) is 138 Å². The van der Waals surface area contributed by atoms with E-state index in [1.807, 2.05) is 26.8 Å². The number of hydrogen-bond donors (Lipinski definition) is 1. The third kappa shape index (κ3) is 6.43. The lowest BCUT2D eigenvalue weighted by molar-refractivity contribution is -0.136. The molecule has 2 fully saturated rings. The number of ether oxygens (including phenoxy) is 2. The van der Waals surface area contributed by atoms with Gasteiger partial charge in [-0.15, -0.1) is 0 Å². The number of carbonyl (C=O) groups is 5. The molecule has 222 valence electrons. The Bertz CT molecular complexity index is 1390. The van der Waals surface area contributed by atoms with Crippen molar-refractivity contribution < 1.29 is 33.4 Å². The maximum Gasteiger partial charge on any atom is 0.340 e. The van der Waals surface area contributed by atoms with Crippen LogP contribution in [0.3, 0.4) is 0 Å². The van der Waals surface area contributed by atoms with Gasteiger partial charge in [0, 0.05) is 45.3 Å². The highest BCUT2D eigenvalue weighted by Crippen LogP contribution is 2.30. The van der Waals surface area contributed by atoms with Crippen molar-refractivity contribution in [2.24, 2.45) is 0 Å². The van der Waals surface area contributed by atoms with Gasteiger partial charge in [0.1, 0.15) is 23.2 Å². The molecule has 1 aromatic carbocycles. The minimum atomic E-state index is -0.993. The second-order valence-electron chi connectivity index (χ2n) is 11.6. The summed E-state index contributed by atoms with van der Waals surface area (Å²) in [6.45, 7) is 10.1. The molecule has 0 radical (unpaired) electrons. The van der Waals surface area contributed by atoms with E-state index >= 15 is 0 Å². The van der Waals surface area contributed by atoms with Crippen LogP contribution in [0.5, 0.6) is 5.75 Å². The lowest BCUT2D eigenvalue weighted by Gasteiger charge is -2.35. The average molecular weight is 578 g/mol. The first-order valence-electron chi connectivity index (χ1n) is 14.2. The minimum Gasteiger partial charge on any atom is -0.494 e. The predicted molar refractivity (Wildman–Crippen MR) is 151 cm³/mol. The summed E-state index contributed by atoms with van der Waals surface area (Å²) in [5, 5.41) is 2.20. The molecule has 12 nitrogen and oxygen atoms in total. The summed E-state index contributed by atoms with van der Waals surface area (Å²) in [6.07, 6.45) is 2.52. The van der Waals surface area contributed by atoms with Crippen molar-refractivity contribution in [3.05, 3.63) is 53.2 Å². The highest BCUT2D eigenvalue weighted by molar-refractivity contribution is 6.23. The number of piperazine rings is 1. The molecular weight excluding hydrogens is 542 g/mol. The first-order valence-corrected chi connectivity index (χ1v) is 14.2. The van der Waals surface area contributed by atoms with Gasteiger partial charge in [0.2, 0.25) is 11.8 Å². The van der Waals surface area contributed by atoms with Crippen molar-refractivity contribution in [1.82, 2.24) is 20.1 Å². The number of nitrogens with zero attached hydrogens (tertiary/aromatic N) is 4. The Balaban J connectivity index is 1.06. The maximum atomic E-state index is 13.0. The fourth-order valence-corrected chi connectivity index (χ4v) is 5.25. The Morgan fingerprint density at radius 2 is 1.74 bits per heavy atom. The first-order chi connectivity index (χ1) is 20.0. The van der Waals surface area contributed by atoms with Gasteiger partial charge < -0.3 is 14.4 Å². The lowest BCUT2D eigenvalue weighted by Crippen LogP contribution is -2.54. The van der Waals surface area contributed by atoms with Gasteiger partial charge in [-0.05, 0) is 63.9 Å². The van der Waals surface area contributed by atoms with Crippen LogP contribution in [0.15, 0.2) is 36.5 Å². The van der Waals surface area contributed by atoms with Crippen molar-refractivity contribution in [1.29, 1.82) is 0 Å². The summed E-state index contributed by atoms with van der Waals surface area (Å²) >= 11 is 0. The highest BCUT2D eigenvalue weighted by atomic mass is 16.6. The number of benzene rings is 1. The molecule has 1 atom stereocenters. The fourth-order valence-electron chi connectivity index (χ4n) is 5.25. The molecular formula is C30H35N5O7. The van der Waals surface area contributed by atoms with E-state index in [9.17, 15) is 24.0 Å². The zero-order valence-corrected chi connectivity index (χ0v) is 24.1. The molecule has 4 amide bonds. The summed E-state index contributed by atoms with van der Waals surface area (Å²) in [5.41, 5.74) is 0.298. The highest BCUT2D eigenvalue weighted by Gasteiger charge is 2.44. The van der Waals surface area contributed by atoms with Crippen LogP contribution in [0.2, 0.25) is 0 Å². The van der Waals surface area contributed by atoms with E-state index in [0.717, 1.165) is 49.9 Å². The van der Waals surface area contributed by atoms with Crippen LogP contribution < -0.4 is 15.0 Å². The largest absolute Gasteiger partial charge is 0.494 e. The fraction of sp³-hybridized carbons (Fsp3) is 0.467. The third-order valence-corrected chi connectivity index (χ3v) is 7.38. The smallest absolute Gasteiger partial charge is 0.340 e. The van der Waals surface area contributed by atoms with E-state index in [4.69, 9.17) is 9.47 Å². The number of pyridine rings is 1. The van der Waals surface area contributed by atoms with Gasteiger partial charge in [-0.25, -0.2) is 9.78 Å². The van der Waals surface area contributed by atoms with Crippen LogP contribution in [0, 0.1) is 0 Å². The van der Waals surface area contributed by atoms with E-state index in [0.29, 0.717) is 17.9 Å². The van der Waals surface area contributed by atoms with Gasteiger partial charge in [-0.3, -0.25) is 34.3 Å². The van der Waals surface area contributed by atoms with Gasteiger partial charge in [-0.1, -0.05) is 0 Å². The molecule has 42 heavy (non-hydrogen) atoms. The SMILES string of the molecule is CC(C)(C)OC(=O)c1ccc(N2CCN(CCCOc3ccc4c(c3)C(=O)N(C3CCC(=O)NC3=O)C4=O)CC2)nc1. The second-order valence-corrected chi connectivity index (χ2v) is 11.6. The van der Waals surface area contributed by atoms with Crippen LogP contribution in [0.4, 0.5) is 5.82 Å². The molecule has 1 N–H and O–H groups in total. The number of carbonyl (C=O) groups excluding carboxylic acids is 5. The van der Waals surface area contributed by atoms with E-state index in [2.05, 4.69) is 20.1 Å². The Hall–Kier alpha value is -4.32. The molecule has 3 aliphatic heterocycles. The summed E-state index contributed by atoms with van der Waals surface area (Å²) in [4.78, 5) is 71.7. The molecule has 5 rings (SSSR count). The standard InChI is InChI=1S/C30H35N5O7/c1-30(2,3)42-29(40)19-5-9-24(31-18-19)34-14-12-33(13-15-34)11-4-16-41-20-6-7-21-22(17-20)28(39)35(27(21)38)23-8-10-25(36)32-26(23)37/h5-7,9,17-18,23H,4,8,10-16H2,1-3H3,(H,32,36,37). The predicted octanol–water partition coefficient (Wildman–Crippen LogP) is 2.03. The van der Waals surface area contributed by atoms with Crippen LogP contribution in [-0.4, -0.2) is 95.4 Å². The molecule has 1 aromatic heterocycles. The number of imide groups is 2. The normalized spacial score (nSPS) is 19.5. The first kappa shape index (κ1) is 29.2. The Labute approximate surface area is 243 Å². The third-order valence-electron chi connectivity index (χ3n) is 7.38. The minimum absolute atomic E-state index is 0.0764. The van der Waals surface area contributed by atoms with Crippen LogP contribution >= 0.6 is 0 Å². The molecule has 0 aliphatic carbocycles. The van der Waals surface area contributed by atoms with Crippen molar-refractivity contribution in [3.63, 3.8) is 0 Å². The van der Waals surface area contributed by atoms with Crippen LogP contribution in [0.1, 0.15) is 71.1 Å². The quantitative estimate of drug-likeness (QED) is 0.282. The van der Waals surface area contributed by atoms with Gasteiger partial charge in [0.25, 0.3) is 11.8 Å². The van der Waals surface area contributed by atoms with Gasteiger partial charge in [-0.2, -0.15) is 0 Å². The monoisotopic (exact) mass is 577 g/mol. The number of hydrogen-bond acceptors (Lipinski definition) is 10. The van der Waals surface area contributed by atoms with Crippen LogP contribution in [0.25, 0.3) is 0 Å². The lowest BCUT2D eigenvalue weighted by atomic mass is 10.0. The number of esters is 1. The molecule has 0 spiro atoms. The van der Waals surface area contributed by atoms with Crippen molar-refractivity contribution in [2.45, 2.75) is 51.7 Å². The molecule has 2 aromatic rings. The number of fused-ring (bicyclic) bond motifs is 1. The second kappa shape index (κ2) is 11.9. The molecule has 12 heteroatoms. The molecule has 1 unspecified atom stereocenters. The zero-order chi connectivity index (χ0) is 30.0. The summed E-state index contributed by atoms with van der Waals surface area (Å²) < 4.78 is 11.3. The zero-order valence-electron chi connectivity index (χ0n) is 24.1. The van der Waals surface area contributed by atoms with Crippen LogP contribution in [-0.2, 0) is 14.3 Å². The van der Waals surface area contributed by atoms with E-state index in [1.165, 1.54) is 0 Å². The molecule has 0 saturated carbocycles. The number of aromatic nitrogens is 1. The number of amides is 4. The van der Waals surface area contributed by atoms with Crippen molar-refractivity contribution in [2.75, 3.05) is 44.2 Å². The number of piperidine rings is 1. The maximum absolute atomic E-state index is 13.0. The van der Waals surface area contributed by atoms with Crippen molar-refractivity contribution in [3.8, 4) is 5.75 Å². The summed E-state index contributed by atoms with van der Waals surface area (Å²) in [7, 11) is 0. The number of nitrogens with one attached hydrogen (secondary N) is 1. The van der Waals surface area contributed by atoms with E-state index in [1.54, 1.807) is 30.5 Å². The van der Waals surface area contributed by atoms with Gasteiger partial charge in [0.15, 0.2) is 0 Å². The van der Waals surface area contributed by atoms with E-state index in [-0.39, 0.29) is 29.9 Å². The number of rotatable bonds is 8. The molecule has 2 saturated heterocycles. The summed E-state index contributed by atoms with van der Waals surface area (Å²) in [5.74, 6) is -1.22. The van der Waals surface area contributed by atoms with Crippen molar-refractivity contribution >= 4 is 35.4 Å². The molecule has 3 aliphatic rings.